The number of hydrogen-bond donors (Lipinski definition) is 1. The molecule has 1 aromatic rings. The molecule has 0 aromatic heterocycles. The fourth-order valence-corrected chi connectivity index (χ4v) is 1.04. The minimum Gasteiger partial charge on any atom is -0.505 e. The van der Waals surface area contributed by atoms with Crippen molar-refractivity contribution < 1.29 is 18.6 Å². The molecule has 1 rings (SSSR count). The summed E-state index contributed by atoms with van der Waals surface area (Å²) in [5.74, 6) is -3.25. The summed E-state index contributed by atoms with van der Waals surface area (Å²) in [4.78, 5) is 0. The average Bonchev–Trinajstić information content (AvgIpc) is 2.09. The number of phenols is 1. The first-order valence-corrected chi connectivity index (χ1v) is 3.88. The molecule has 1 N–H and O–H groups in total. The number of ether oxygens (including phenoxy) is 1. The van der Waals surface area contributed by atoms with E-state index in [9.17, 15) is 8.78 Å². The molecule has 0 saturated carbocycles. The van der Waals surface area contributed by atoms with E-state index in [1.54, 1.807) is 6.92 Å². The van der Waals surface area contributed by atoms with E-state index in [0.717, 1.165) is 6.07 Å². The molecule has 2 nitrogen and oxygen atoms in total. The van der Waals surface area contributed by atoms with E-state index in [1.807, 2.05) is 0 Å². The van der Waals surface area contributed by atoms with Gasteiger partial charge in [0.15, 0.2) is 11.5 Å². The van der Waals surface area contributed by atoms with Gasteiger partial charge < -0.3 is 9.84 Å². The maximum Gasteiger partial charge on any atom is 0.204 e. The summed E-state index contributed by atoms with van der Waals surface area (Å²) in [6.45, 7) is 3.46. The zero-order valence-electron chi connectivity index (χ0n) is 7.40. The van der Waals surface area contributed by atoms with Crippen molar-refractivity contribution in [2.75, 3.05) is 6.61 Å². The highest BCUT2D eigenvalue weighted by molar-refractivity contribution is 5.41. The van der Waals surface area contributed by atoms with Crippen molar-refractivity contribution in [2.45, 2.75) is 13.8 Å². The van der Waals surface area contributed by atoms with Gasteiger partial charge in [-0.3, -0.25) is 0 Å². The summed E-state index contributed by atoms with van der Waals surface area (Å²) >= 11 is 0. The van der Waals surface area contributed by atoms with Gasteiger partial charge in [-0.1, -0.05) is 0 Å². The minimum atomic E-state index is -1.27. The van der Waals surface area contributed by atoms with Crippen LogP contribution in [0.5, 0.6) is 11.5 Å². The molecule has 0 radical (unpaired) electrons. The van der Waals surface area contributed by atoms with E-state index in [0.29, 0.717) is 5.56 Å². The molecule has 1 aromatic carbocycles. The lowest BCUT2D eigenvalue weighted by Gasteiger charge is -2.09. The van der Waals surface area contributed by atoms with Crippen LogP contribution in [-0.4, -0.2) is 11.7 Å². The largest absolute Gasteiger partial charge is 0.505 e. The summed E-state index contributed by atoms with van der Waals surface area (Å²) < 4.78 is 30.7. The molecule has 0 atom stereocenters. The van der Waals surface area contributed by atoms with Crippen LogP contribution in [0.15, 0.2) is 6.07 Å². The predicted octanol–water partition coefficient (Wildman–Crippen LogP) is 2.38. The highest BCUT2D eigenvalue weighted by Crippen LogP contribution is 2.30. The van der Waals surface area contributed by atoms with E-state index in [4.69, 9.17) is 9.84 Å². The number of phenolic OH excluding ortho intramolecular Hbond substituents is 1. The number of rotatable bonds is 2. The molecule has 0 spiro atoms. The van der Waals surface area contributed by atoms with Crippen molar-refractivity contribution in [3.63, 3.8) is 0 Å². The molecular weight excluding hydrogens is 178 g/mol. The van der Waals surface area contributed by atoms with Crippen molar-refractivity contribution in [1.29, 1.82) is 0 Å². The van der Waals surface area contributed by atoms with Crippen LogP contribution in [0.1, 0.15) is 12.5 Å². The third-order valence-electron chi connectivity index (χ3n) is 1.62. The Morgan fingerprint density at radius 3 is 2.54 bits per heavy atom. The zero-order valence-corrected chi connectivity index (χ0v) is 7.40. The van der Waals surface area contributed by atoms with Crippen LogP contribution in [0.3, 0.4) is 0 Å². The normalized spacial score (nSPS) is 10.2. The van der Waals surface area contributed by atoms with Crippen LogP contribution < -0.4 is 4.74 Å². The molecule has 0 heterocycles. The van der Waals surface area contributed by atoms with Crippen LogP contribution in [0, 0.1) is 18.6 Å². The first-order chi connectivity index (χ1) is 6.07. The molecule has 0 unspecified atom stereocenters. The second-order valence-electron chi connectivity index (χ2n) is 2.60. The summed E-state index contributed by atoms with van der Waals surface area (Å²) in [6, 6.07) is 1.13. The Morgan fingerprint density at radius 1 is 1.38 bits per heavy atom. The van der Waals surface area contributed by atoms with Gasteiger partial charge in [0.25, 0.3) is 0 Å². The summed E-state index contributed by atoms with van der Waals surface area (Å²) in [6.07, 6.45) is 0. The highest BCUT2D eigenvalue weighted by Gasteiger charge is 2.16. The van der Waals surface area contributed by atoms with Gasteiger partial charge in [-0.15, -0.1) is 0 Å². The number of aryl methyl sites for hydroxylation is 1. The predicted molar refractivity (Wildman–Crippen MR) is 43.9 cm³/mol. The van der Waals surface area contributed by atoms with Gasteiger partial charge in [0.2, 0.25) is 11.6 Å². The third-order valence-corrected chi connectivity index (χ3v) is 1.62. The van der Waals surface area contributed by atoms with Crippen molar-refractivity contribution in [3.05, 3.63) is 23.3 Å². The monoisotopic (exact) mass is 188 g/mol. The second kappa shape index (κ2) is 3.60. The number of hydrogen-bond acceptors (Lipinski definition) is 2. The van der Waals surface area contributed by atoms with Gasteiger partial charge in [-0.25, -0.2) is 0 Å². The number of benzene rings is 1. The fourth-order valence-electron chi connectivity index (χ4n) is 1.04. The smallest absolute Gasteiger partial charge is 0.204 e. The first-order valence-electron chi connectivity index (χ1n) is 3.88. The maximum absolute atomic E-state index is 13.1. The van der Waals surface area contributed by atoms with E-state index >= 15 is 0 Å². The average molecular weight is 188 g/mol. The number of halogens is 2. The molecular formula is C9H10F2O2. The van der Waals surface area contributed by atoms with Gasteiger partial charge in [0, 0.05) is 0 Å². The standard InChI is InChI=1S/C9H10F2O2/c1-3-13-9-5(2)4-6(12)7(10)8(9)11/h4,12H,3H2,1-2H3. The molecule has 0 amide bonds. The first kappa shape index (κ1) is 9.77. The molecule has 0 aliphatic heterocycles. The van der Waals surface area contributed by atoms with Crippen molar-refractivity contribution in [1.82, 2.24) is 0 Å². The Balaban J connectivity index is 3.26. The minimum absolute atomic E-state index is 0.141. The topological polar surface area (TPSA) is 29.5 Å². The molecule has 0 saturated heterocycles. The van der Waals surface area contributed by atoms with E-state index in [-0.39, 0.29) is 12.4 Å². The lowest BCUT2D eigenvalue weighted by Crippen LogP contribution is -1.99. The SMILES string of the molecule is CCOc1c(C)cc(O)c(F)c1F. The fraction of sp³-hybridized carbons (Fsp3) is 0.333. The van der Waals surface area contributed by atoms with Crippen LogP contribution >= 0.6 is 0 Å². The molecule has 4 heteroatoms. The van der Waals surface area contributed by atoms with Gasteiger partial charge in [0.1, 0.15) is 0 Å². The van der Waals surface area contributed by atoms with Crippen LogP contribution in [0.4, 0.5) is 8.78 Å². The Morgan fingerprint density at radius 2 is 2.00 bits per heavy atom. The van der Waals surface area contributed by atoms with Gasteiger partial charge in [-0.05, 0) is 25.5 Å². The summed E-state index contributed by atoms with van der Waals surface area (Å²) in [5, 5.41) is 8.90. The van der Waals surface area contributed by atoms with Crippen LogP contribution in [0.25, 0.3) is 0 Å². The molecule has 13 heavy (non-hydrogen) atoms. The van der Waals surface area contributed by atoms with E-state index in [2.05, 4.69) is 0 Å². The Kier molecular flexibility index (Phi) is 2.70. The molecule has 0 aliphatic rings. The van der Waals surface area contributed by atoms with E-state index < -0.39 is 17.4 Å². The molecule has 0 aliphatic carbocycles. The van der Waals surface area contributed by atoms with Crippen LogP contribution in [-0.2, 0) is 0 Å². The lowest BCUT2D eigenvalue weighted by atomic mass is 10.2. The molecule has 0 fully saturated rings. The summed E-state index contributed by atoms with van der Waals surface area (Å²) in [7, 11) is 0. The molecule has 72 valence electrons. The van der Waals surface area contributed by atoms with Crippen molar-refractivity contribution in [2.24, 2.45) is 0 Å². The van der Waals surface area contributed by atoms with E-state index in [1.165, 1.54) is 6.92 Å². The lowest BCUT2D eigenvalue weighted by molar-refractivity contribution is 0.306. The molecule has 0 bridgehead atoms. The van der Waals surface area contributed by atoms with Gasteiger partial charge >= 0.3 is 0 Å². The highest BCUT2D eigenvalue weighted by atomic mass is 19.2. The van der Waals surface area contributed by atoms with Gasteiger partial charge in [0.05, 0.1) is 6.61 Å². The van der Waals surface area contributed by atoms with Crippen molar-refractivity contribution >= 4 is 0 Å². The van der Waals surface area contributed by atoms with Gasteiger partial charge in [-0.2, -0.15) is 8.78 Å². The second-order valence-corrected chi connectivity index (χ2v) is 2.60. The quantitative estimate of drug-likeness (QED) is 0.772. The Labute approximate surface area is 74.8 Å². The third kappa shape index (κ3) is 1.71. The maximum atomic E-state index is 13.1. The zero-order chi connectivity index (χ0) is 10.0. The van der Waals surface area contributed by atoms with Crippen molar-refractivity contribution in [3.8, 4) is 11.5 Å². The summed E-state index contributed by atoms with van der Waals surface area (Å²) in [5.41, 5.74) is 0.373. The Hall–Kier alpha value is -1.32. The number of aromatic hydroxyl groups is 1. The Bertz CT molecular complexity index is 324. The van der Waals surface area contributed by atoms with Crippen LogP contribution in [0.2, 0.25) is 0 Å².